The summed E-state index contributed by atoms with van der Waals surface area (Å²) in [6, 6.07) is 7.59. The largest absolute Gasteiger partial charge is 0.480 e. The molecule has 0 aliphatic heterocycles. The molecule has 2 heterocycles. The Kier molecular flexibility index (Phi) is 3.68. The smallest absolute Gasteiger partial charge is 0.233 e. The fourth-order valence-corrected chi connectivity index (χ4v) is 2.47. The predicted molar refractivity (Wildman–Crippen MR) is 66.8 cm³/mol. The van der Waals surface area contributed by atoms with Gasteiger partial charge in [-0.2, -0.15) is 0 Å². The molecule has 90 valence electrons. The third-order valence-corrected chi connectivity index (χ3v) is 3.44. The Labute approximate surface area is 104 Å². The van der Waals surface area contributed by atoms with Crippen molar-refractivity contribution in [3.8, 4) is 5.88 Å². The SMILES string of the molecule is COc1ccc(C(NN)c2ccc(C)s2)nn1. The molecule has 0 bridgehead atoms. The minimum atomic E-state index is -0.132. The van der Waals surface area contributed by atoms with Crippen molar-refractivity contribution in [3.05, 3.63) is 39.7 Å². The molecule has 6 heteroatoms. The first-order chi connectivity index (χ1) is 8.24. The lowest BCUT2D eigenvalue weighted by Crippen LogP contribution is -2.29. The molecule has 0 aliphatic rings. The van der Waals surface area contributed by atoms with E-state index in [1.54, 1.807) is 24.5 Å². The van der Waals surface area contributed by atoms with Crippen LogP contribution in [0.3, 0.4) is 0 Å². The van der Waals surface area contributed by atoms with Crippen molar-refractivity contribution < 1.29 is 4.74 Å². The first kappa shape index (κ1) is 12.0. The van der Waals surface area contributed by atoms with Gasteiger partial charge in [0, 0.05) is 15.8 Å². The Balaban J connectivity index is 2.28. The summed E-state index contributed by atoms with van der Waals surface area (Å²) in [4.78, 5) is 2.35. The Morgan fingerprint density at radius 2 is 2.12 bits per heavy atom. The highest BCUT2D eigenvalue weighted by molar-refractivity contribution is 7.12. The zero-order valence-corrected chi connectivity index (χ0v) is 10.5. The van der Waals surface area contributed by atoms with Crippen molar-refractivity contribution >= 4 is 11.3 Å². The fourth-order valence-electron chi connectivity index (χ4n) is 1.52. The van der Waals surface area contributed by atoms with E-state index in [1.165, 1.54) is 4.88 Å². The van der Waals surface area contributed by atoms with Gasteiger partial charge in [0.05, 0.1) is 18.8 Å². The number of ether oxygens (including phenoxy) is 1. The number of hydrogen-bond donors (Lipinski definition) is 2. The number of hydrazine groups is 1. The minimum Gasteiger partial charge on any atom is -0.480 e. The van der Waals surface area contributed by atoms with E-state index in [0.29, 0.717) is 5.88 Å². The van der Waals surface area contributed by atoms with Crippen LogP contribution in [0.2, 0.25) is 0 Å². The van der Waals surface area contributed by atoms with Crippen LogP contribution in [0.4, 0.5) is 0 Å². The average molecular weight is 250 g/mol. The van der Waals surface area contributed by atoms with Crippen LogP contribution in [0.5, 0.6) is 5.88 Å². The molecule has 0 aromatic carbocycles. The number of aromatic nitrogens is 2. The predicted octanol–water partition coefficient (Wildman–Crippen LogP) is 1.41. The van der Waals surface area contributed by atoms with Crippen LogP contribution in [0.25, 0.3) is 0 Å². The molecule has 0 amide bonds. The zero-order valence-electron chi connectivity index (χ0n) is 9.68. The molecule has 0 saturated carbocycles. The van der Waals surface area contributed by atoms with Crippen LogP contribution in [0.1, 0.15) is 21.5 Å². The molecule has 3 N–H and O–H groups in total. The Morgan fingerprint density at radius 1 is 1.29 bits per heavy atom. The van der Waals surface area contributed by atoms with Gasteiger partial charge in [-0.15, -0.1) is 21.5 Å². The summed E-state index contributed by atoms with van der Waals surface area (Å²) in [6.45, 7) is 2.06. The van der Waals surface area contributed by atoms with Gasteiger partial charge >= 0.3 is 0 Å². The average Bonchev–Trinajstić information content (AvgIpc) is 2.78. The number of nitrogens with two attached hydrogens (primary N) is 1. The van der Waals surface area contributed by atoms with Crippen molar-refractivity contribution in [1.29, 1.82) is 0 Å². The Bertz CT molecular complexity index is 482. The standard InChI is InChI=1S/C11H14N4OS/c1-7-3-5-9(17-7)11(13-12)8-4-6-10(16-2)15-14-8/h3-6,11,13H,12H2,1-2H3. The summed E-state index contributed by atoms with van der Waals surface area (Å²) in [7, 11) is 1.56. The number of thiophene rings is 1. The van der Waals surface area contributed by atoms with Gasteiger partial charge in [-0.05, 0) is 25.1 Å². The van der Waals surface area contributed by atoms with E-state index in [2.05, 4.69) is 28.6 Å². The number of nitrogens with zero attached hydrogens (tertiary/aromatic N) is 2. The summed E-state index contributed by atoms with van der Waals surface area (Å²) < 4.78 is 4.97. The van der Waals surface area contributed by atoms with Gasteiger partial charge in [-0.1, -0.05) is 0 Å². The molecular formula is C11H14N4OS. The van der Waals surface area contributed by atoms with Crippen LogP contribution >= 0.6 is 11.3 Å². The quantitative estimate of drug-likeness (QED) is 0.634. The molecule has 0 spiro atoms. The van der Waals surface area contributed by atoms with Crippen LogP contribution < -0.4 is 16.0 Å². The third-order valence-electron chi connectivity index (χ3n) is 2.38. The van der Waals surface area contributed by atoms with E-state index in [-0.39, 0.29) is 6.04 Å². The maximum absolute atomic E-state index is 5.57. The van der Waals surface area contributed by atoms with Crippen LogP contribution in [0.15, 0.2) is 24.3 Å². The highest BCUT2D eigenvalue weighted by atomic mass is 32.1. The van der Waals surface area contributed by atoms with E-state index < -0.39 is 0 Å². The van der Waals surface area contributed by atoms with E-state index in [0.717, 1.165) is 10.6 Å². The van der Waals surface area contributed by atoms with Crippen molar-refractivity contribution in [2.45, 2.75) is 13.0 Å². The van der Waals surface area contributed by atoms with Crippen LogP contribution in [0, 0.1) is 6.92 Å². The third kappa shape index (κ3) is 2.60. The van der Waals surface area contributed by atoms with Gasteiger partial charge in [0.25, 0.3) is 0 Å². The second-order valence-corrected chi connectivity index (χ2v) is 4.87. The van der Waals surface area contributed by atoms with Crippen molar-refractivity contribution in [2.24, 2.45) is 5.84 Å². The number of methoxy groups -OCH3 is 1. The summed E-state index contributed by atoms with van der Waals surface area (Å²) >= 11 is 1.68. The van der Waals surface area contributed by atoms with E-state index in [4.69, 9.17) is 10.6 Å². The van der Waals surface area contributed by atoms with E-state index in [1.807, 2.05) is 12.1 Å². The maximum atomic E-state index is 5.57. The molecule has 17 heavy (non-hydrogen) atoms. The highest BCUT2D eigenvalue weighted by Crippen LogP contribution is 2.26. The lowest BCUT2D eigenvalue weighted by molar-refractivity contribution is 0.390. The number of hydrogen-bond acceptors (Lipinski definition) is 6. The zero-order chi connectivity index (χ0) is 12.3. The van der Waals surface area contributed by atoms with Crippen LogP contribution in [-0.4, -0.2) is 17.3 Å². The molecule has 1 unspecified atom stereocenters. The normalized spacial score (nSPS) is 12.4. The van der Waals surface area contributed by atoms with Crippen molar-refractivity contribution in [1.82, 2.24) is 15.6 Å². The van der Waals surface area contributed by atoms with E-state index in [9.17, 15) is 0 Å². The summed E-state index contributed by atoms with van der Waals surface area (Å²) in [5.41, 5.74) is 3.53. The lowest BCUT2D eigenvalue weighted by atomic mass is 10.2. The fraction of sp³-hybridized carbons (Fsp3) is 0.273. The molecule has 0 aliphatic carbocycles. The van der Waals surface area contributed by atoms with Crippen molar-refractivity contribution in [2.75, 3.05) is 7.11 Å². The van der Waals surface area contributed by atoms with Gasteiger partial charge in [-0.3, -0.25) is 5.84 Å². The van der Waals surface area contributed by atoms with Gasteiger partial charge in [-0.25, -0.2) is 5.43 Å². The molecule has 2 aromatic heterocycles. The second kappa shape index (κ2) is 5.22. The van der Waals surface area contributed by atoms with Crippen LogP contribution in [-0.2, 0) is 0 Å². The monoisotopic (exact) mass is 250 g/mol. The summed E-state index contributed by atoms with van der Waals surface area (Å²) in [5.74, 6) is 6.07. The molecule has 2 aromatic rings. The van der Waals surface area contributed by atoms with Gasteiger partial charge < -0.3 is 4.74 Å². The molecular weight excluding hydrogens is 236 g/mol. The molecule has 0 radical (unpaired) electrons. The topological polar surface area (TPSA) is 73.1 Å². The first-order valence-corrected chi connectivity index (χ1v) is 5.96. The number of rotatable bonds is 4. The molecule has 0 saturated heterocycles. The van der Waals surface area contributed by atoms with Crippen molar-refractivity contribution in [3.63, 3.8) is 0 Å². The molecule has 0 fully saturated rings. The Hall–Kier alpha value is -1.50. The lowest BCUT2D eigenvalue weighted by Gasteiger charge is -2.12. The highest BCUT2D eigenvalue weighted by Gasteiger charge is 2.16. The van der Waals surface area contributed by atoms with Gasteiger partial charge in [0.15, 0.2) is 0 Å². The molecule has 5 nitrogen and oxygen atoms in total. The summed E-state index contributed by atoms with van der Waals surface area (Å²) in [6.07, 6.45) is 0. The molecule has 2 rings (SSSR count). The maximum Gasteiger partial charge on any atom is 0.233 e. The number of aryl methyl sites for hydroxylation is 1. The Morgan fingerprint density at radius 3 is 2.59 bits per heavy atom. The summed E-state index contributed by atoms with van der Waals surface area (Å²) in [5, 5.41) is 8.03. The molecule has 1 atom stereocenters. The second-order valence-electron chi connectivity index (χ2n) is 3.55. The van der Waals surface area contributed by atoms with Gasteiger partial charge in [0.2, 0.25) is 5.88 Å². The first-order valence-electron chi connectivity index (χ1n) is 5.14. The van der Waals surface area contributed by atoms with Gasteiger partial charge in [0.1, 0.15) is 0 Å². The van der Waals surface area contributed by atoms with E-state index >= 15 is 0 Å². The number of nitrogens with one attached hydrogen (secondary N) is 1. The minimum absolute atomic E-state index is 0.132.